The molecule has 8 heteroatoms. The van der Waals surface area contributed by atoms with Gasteiger partial charge in [-0.05, 0) is 26.7 Å². The maximum Gasteiger partial charge on any atom is 0.308 e. The van der Waals surface area contributed by atoms with Crippen LogP contribution in [0, 0.1) is 5.92 Å². The molecule has 0 unspecified atom stereocenters. The van der Waals surface area contributed by atoms with Gasteiger partial charge in [-0.25, -0.2) is 4.99 Å². The Morgan fingerprint density at radius 2 is 1.87 bits per heavy atom. The van der Waals surface area contributed by atoms with Crippen LogP contribution in [-0.2, 0) is 14.3 Å². The van der Waals surface area contributed by atoms with Crippen LogP contribution in [0.2, 0.25) is 0 Å². The van der Waals surface area contributed by atoms with Gasteiger partial charge in [0, 0.05) is 33.2 Å². The normalized spacial score (nSPS) is 15.9. The molecule has 0 bridgehead atoms. The predicted molar refractivity (Wildman–Crippen MR) is 101 cm³/mol. The number of likely N-dealkylation sites (N-methyl/N-ethyl adjacent to an activating group) is 1. The number of carbonyl (C=O) groups is 2. The SMILES string of the molecule is COC(=O)C1CCN(C(=NCC(=O)N(C)C)NC(C)C)CC1.I. The zero-order chi connectivity index (χ0) is 16.7. The number of likely N-dealkylation sites (tertiary alicyclic amines) is 1. The number of hydrogen-bond acceptors (Lipinski definition) is 4. The van der Waals surface area contributed by atoms with Crippen molar-refractivity contribution in [3.05, 3.63) is 0 Å². The van der Waals surface area contributed by atoms with Crippen LogP contribution in [-0.4, -0.2) is 74.5 Å². The Kier molecular flexibility index (Phi) is 10.2. The Morgan fingerprint density at radius 1 is 1.30 bits per heavy atom. The summed E-state index contributed by atoms with van der Waals surface area (Å²) in [6.45, 7) is 5.65. The highest BCUT2D eigenvalue weighted by Gasteiger charge is 2.27. The second-order valence-electron chi connectivity index (χ2n) is 6.01. The number of nitrogens with zero attached hydrogens (tertiary/aromatic N) is 3. The van der Waals surface area contributed by atoms with Gasteiger partial charge < -0.3 is 19.9 Å². The molecule has 0 aliphatic carbocycles. The molecule has 0 spiro atoms. The lowest BCUT2D eigenvalue weighted by molar-refractivity contribution is -0.146. The monoisotopic (exact) mass is 440 g/mol. The molecule has 23 heavy (non-hydrogen) atoms. The minimum Gasteiger partial charge on any atom is -0.469 e. The first-order valence-corrected chi connectivity index (χ1v) is 7.69. The van der Waals surface area contributed by atoms with Crippen LogP contribution in [0.3, 0.4) is 0 Å². The van der Waals surface area contributed by atoms with E-state index in [-0.39, 0.29) is 54.4 Å². The van der Waals surface area contributed by atoms with Crippen LogP contribution in [0.1, 0.15) is 26.7 Å². The van der Waals surface area contributed by atoms with Crippen molar-refractivity contribution in [3.63, 3.8) is 0 Å². The van der Waals surface area contributed by atoms with Crippen LogP contribution >= 0.6 is 24.0 Å². The lowest BCUT2D eigenvalue weighted by atomic mass is 9.97. The summed E-state index contributed by atoms with van der Waals surface area (Å²) in [6.07, 6.45) is 1.49. The quantitative estimate of drug-likeness (QED) is 0.305. The highest BCUT2D eigenvalue weighted by atomic mass is 127. The van der Waals surface area contributed by atoms with Gasteiger partial charge in [-0.15, -0.1) is 24.0 Å². The number of rotatable bonds is 4. The number of hydrogen-bond donors (Lipinski definition) is 1. The number of carbonyl (C=O) groups excluding carboxylic acids is 2. The number of halogens is 1. The zero-order valence-corrected chi connectivity index (χ0v) is 17.0. The number of nitrogens with one attached hydrogen (secondary N) is 1. The Labute approximate surface area is 155 Å². The van der Waals surface area contributed by atoms with Gasteiger partial charge in [-0.1, -0.05) is 0 Å². The number of esters is 1. The molecule has 1 rings (SSSR count). The molecule has 0 aromatic rings. The largest absolute Gasteiger partial charge is 0.469 e. The molecule has 1 amide bonds. The molecule has 1 aliphatic rings. The van der Waals surface area contributed by atoms with Crippen molar-refractivity contribution >= 4 is 41.8 Å². The van der Waals surface area contributed by atoms with E-state index in [0.717, 1.165) is 31.9 Å². The van der Waals surface area contributed by atoms with Crippen LogP contribution < -0.4 is 5.32 Å². The summed E-state index contributed by atoms with van der Waals surface area (Å²) in [6, 6.07) is 0.228. The summed E-state index contributed by atoms with van der Waals surface area (Å²) in [5.41, 5.74) is 0. The van der Waals surface area contributed by atoms with Gasteiger partial charge in [0.05, 0.1) is 13.0 Å². The minimum atomic E-state index is -0.141. The molecular formula is C15H29IN4O3. The standard InChI is InChI=1S/C15H28N4O3.HI/c1-11(2)17-15(16-10-13(20)18(3)4)19-8-6-12(7-9-19)14(21)22-5;/h11-12H,6-10H2,1-5H3,(H,16,17);1H. The molecule has 7 nitrogen and oxygen atoms in total. The fourth-order valence-corrected chi connectivity index (χ4v) is 2.27. The average molecular weight is 440 g/mol. The van der Waals surface area contributed by atoms with Crippen molar-refractivity contribution < 1.29 is 14.3 Å². The molecule has 1 saturated heterocycles. The van der Waals surface area contributed by atoms with Crippen LogP contribution in [0.25, 0.3) is 0 Å². The maximum atomic E-state index is 11.7. The molecule has 1 N–H and O–H groups in total. The number of methoxy groups -OCH3 is 1. The first-order chi connectivity index (χ1) is 10.3. The number of ether oxygens (including phenoxy) is 1. The molecule has 0 saturated carbocycles. The Hall–Kier alpha value is -1.06. The van der Waals surface area contributed by atoms with E-state index in [9.17, 15) is 9.59 Å². The summed E-state index contributed by atoms with van der Waals surface area (Å²) in [5.74, 6) is 0.517. The van der Waals surface area contributed by atoms with Crippen LogP contribution in [0.15, 0.2) is 4.99 Å². The van der Waals surface area contributed by atoms with Crippen molar-refractivity contribution in [1.29, 1.82) is 0 Å². The van der Waals surface area contributed by atoms with Crippen molar-refractivity contribution in [3.8, 4) is 0 Å². The highest BCUT2D eigenvalue weighted by Crippen LogP contribution is 2.18. The Balaban J connectivity index is 0.00000484. The van der Waals surface area contributed by atoms with Crippen molar-refractivity contribution in [2.75, 3.05) is 40.8 Å². The van der Waals surface area contributed by atoms with E-state index in [2.05, 4.69) is 15.2 Å². The topological polar surface area (TPSA) is 74.2 Å². The average Bonchev–Trinajstić information content (AvgIpc) is 2.50. The lowest BCUT2D eigenvalue weighted by Crippen LogP contribution is -2.49. The third-order valence-corrected chi connectivity index (χ3v) is 3.61. The first-order valence-electron chi connectivity index (χ1n) is 7.69. The molecule has 0 aromatic heterocycles. The molecule has 0 atom stereocenters. The molecule has 1 fully saturated rings. The third-order valence-electron chi connectivity index (χ3n) is 3.61. The number of amides is 1. The molecule has 0 aromatic carbocycles. The van der Waals surface area contributed by atoms with E-state index >= 15 is 0 Å². The van der Waals surface area contributed by atoms with Gasteiger partial charge in [-0.3, -0.25) is 9.59 Å². The minimum absolute atomic E-state index is 0. The molecular weight excluding hydrogens is 411 g/mol. The van der Waals surface area contributed by atoms with Crippen molar-refractivity contribution in [2.24, 2.45) is 10.9 Å². The molecule has 1 heterocycles. The summed E-state index contributed by atoms with van der Waals surface area (Å²) in [4.78, 5) is 31.3. The zero-order valence-electron chi connectivity index (χ0n) is 14.7. The van der Waals surface area contributed by atoms with E-state index in [4.69, 9.17) is 4.74 Å². The van der Waals surface area contributed by atoms with Crippen LogP contribution in [0.5, 0.6) is 0 Å². The van der Waals surface area contributed by atoms with Gasteiger partial charge in [0.25, 0.3) is 0 Å². The summed E-state index contributed by atoms with van der Waals surface area (Å²) in [5, 5.41) is 3.29. The fraction of sp³-hybridized carbons (Fsp3) is 0.800. The second kappa shape index (κ2) is 10.7. The lowest BCUT2D eigenvalue weighted by Gasteiger charge is -2.34. The van der Waals surface area contributed by atoms with Crippen molar-refractivity contribution in [2.45, 2.75) is 32.7 Å². The van der Waals surface area contributed by atoms with Gasteiger partial charge >= 0.3 is 5.97 Å². The third kappa shape index (κ3) is 7.36. The van der Waals surface area contributed by atoms with E-state index in [1.165, 1.54) is 12.0 Å². The van der Waals surface area contributed by atoms with Crippen molar-refractivity contribution in [1.82, 2.24) is 15.1 Å². The molecule has 0 radical (unpaired) electrons. The van der Waals surface area contributed by atoms with Gasteiger partial charge in [0.1, 0.15) is 6.54 Å². The summed E-state index contributed by atoms with van der Waals surface area (Å²) in [7, 11) is 4.86. The Morgan fingerprint density at radius 3 is 2.30 bits per heavy atom. The summed E-state index contributed by atoms with van der Waals surface area (Å²) >= 11 is 0. The number of guanidine groups is 1. The highest BCUT2D eigenvalue weighted by molar-refractivity contribution is 14.0. The number of aliphatic imine (C=N–C) groups is 1. The predicted octanol–water partition coefficient (Wildman–Crippen LogP) is 0.932. The van der Waals surface area contributed by atoms with Gasteiger partial charge in [0.2, 0.25) is 5.91 Å². The first kappa shape index (κ1) is 21.9. The second-order valence-corrected chi connectivity index (χ2v) is 6.01. The molecule has 134 valence electrons. The smallest absolute Gasteiger partial charge is 0.308 e. The van der Waals surface area contributed by atoms with Gasteiger partial charge in [-0.2, -0.15) is 0 Å². The van der Waals surface area contributed by atoms with Gasteiger partial charge in [0.15, 0.2) is 5.96 Å². The van der Waals surface area contributed by atoms with E-state index < -0.39 is 0 Å². The Bertz CT molecular complexity index is 419. The van der Waals surface area contributed by atoms with E-state index in [1.54, 1.807) is 14.1 Å². The fourth-order valence-electron chi connectivity index (χ4n) is 2.27. The summed E-state index contributed by atoms with van der Waals surface area (Å²) < 4.78 is 4.80. The number of piperidine rings is 1. The molecule has 1 aliphatic heterocycles. The van der Waals surface area contributed by atoms with E-state index in [0.29, 0.717) is 0 Å². The van der Waals surface area contributed by atoms with Crippen LogP contribution in [0.4, 0.5) is 0 Å². The maximum absolute atomic E-state index is 11.7. The van der Waals surface area contributed by atoms with E-state index in [1.807, 2.05) is 13.8 Å².